The topological polar surface area (TPSA) is 63.4 Å². The molecular weight excluding hydrogens is 260 g/mol. The quantitative estimate of drug-likeness (QED) is 0.908. The Labute approximate surface area is 115 Å². The summed E-state index contributed by atoms with van der Waals surface area (Å²) in [7, 11) is -1.04. The number of aryl methyl sites for hydroxylation is 1. The maximum Gasteiger partial charge on any atom is 0.152 e. The van der Waals surface area contributed by atoms with Crippen LogP contribution in [0.15, 0.2) is 24.3 Å². The van der Waals surface area contributed by atoms with E-state index in [9.17, 15) is 8.42 Å². The molecular formula is C14H22N2O2S. The van der Waals surface area contributed by atoms with Crippen molar-refractivity contribution in [3.63, 3.8) is 0 Å². The first-order valence-corrected chi connectivity index (χ1v) is 8.42. The van der Waals surface area contributed by atoms with Crippen molar-refractivity contribution in [3.05, 3.63) is 29.8 Å². The van der Waals surface area contributed by atoms with Gasteiger partial charge in [-0.2, -0.15) is 0 Å². The lowest BCUT2D eigenvalue weighted by Gasteiger charge is -2.44. The highest BCUT2D eigenvalue weighted by molar-refractivity contribution is 7.91. The zero-order valence-electron chi connectivity index (χ0n) is 11.6. The van der Waals surface area contributed by atoms with Gasteiger partial charge in [-0.05, 0) is 37.5 Å². The molecule has 2 N–H and O–H groups in total. The molecule has 1 heterocycles. The average Bonchev–Trinajstić information content (AvgIpc) is 2.36. The largest absolute Gasteiger partial charge is 0.367 e. The molecule has 1 atom stereocenters. The van der Waals surface area contributed by atoms with E-state index in [0.717, 1.165) is 17.7 Å². The number of hydrogen-bond acceptors (Lipinski definition) is 4. The molecule has 0 radical (unpaired) electrons. The summed E-state index contributed by atoms with van der Waals surface area (Å²) >= 11 is 0. The Balaban J connectivity index is 2.36. The molecule has 1 saturated heterocycles. The summed E-state index contributed by atoms with van der Waals surface area (Å²) in [6.07, 6.45) is 1.52. The van der Waals surface area contributed by atoms with Gasteiger partial charge in [0.25, 0.3) is 0 Å². The molecule has 1 unspecified atom stereocenters. The Morgan fingerprint density at radius 3 is 2.74 bits per heavy atom. The van der Waals surface area contributed by atoms with Crippen LogP contribution in [-0.4, -0.2) is 39.1 Å². The summed E-state index contributed by atoms with van der Waals surface area (Å²) in [5, 5.41) is 0. The van der Waals surface area contributed by atoms with Gasteiger partial charge >= 0.3 is 0 Å². The third kappa shape index (κ3) is 2.92. The fourth-order valence-electron chi connectivity index (χ4n) is 2.85. The molecule has 0 bridgehead atoms. The lowest BCUT2D eigenvalue weighted by atomic mass is 9.93. The molecule has 1 aliphatic rings. The summed E-state index contributed by atoms with van der Waals surface area (Å²) in [6, 6.07) is 8.09. The highest BCUT2D eigenvalue weighted by Crippen LogP contribution is 2.31. The highest BCUT2D eigenvalue weighted by atomic mass is 32.2. The molecule has 1 aliphatic heterocycles. The Bertz CT molecular complexity index is 556. The standard InChI is InChI=1S/C14H22N2O2S/c1-12-5-3-6-13(9-12)16(2)14(10-15)7-4-8-19(17,18)11-14/h3,5-6,9H,4,7-8,10-11,15H2,1-2H3. The van der Waals surface area contributed by atoms with Crippen LogP contribution >= 0.6 is 0 Å². The lowest BCUT2D eigenvalue weighted by Crippen LogP contribution is -2.59. The van der Waals surface area contributed by atoms with Crippen molar-refractivity contribution in [1.82, 2.24) is 0 Å². The van der Waals surface area contributed by atoms with Gasteiger partial charge in [-0.25, -0.2) is 8.42 Å². The minimum absolute atomic E-state index is 0.154. The van der Waals surface area contributed by atoms with Gasteiger partial charge in [0.05, 0.1) is 17.0 Å². The van der Waals surface area contributed by atoms with Crippen LogP contribution in [0.25, 0.3) is 0 Å². The lowest BCUT2D eigenvalue weighted by molar-refractivity contribution is 0.398. The molecule has 1 fully saturated rings. The highest BCUT2D eigenvalue weighted by Gasteiger charge is 2.41. The van der Waals surface area contributed by atoms with Gasteiger partial charge in [-0.1, -0.05) is 12.1 Å². The minimum atomic E-state index is -2.99. The van der Waals surface area contributed by atoms with Crippen molar-refractivity contribution in [2.75, 3.05) is 30.0 Å². The first-order chi connectivity index (χ1) is 8.88. The second kappa shape index (κ2) is 5.13. The van der Waals surface area contributed by atoms with Crippen molar-refractivity contribution >= 4 is 15.5 Å². The fourth-order valence-corrected chi connectivity index (χ4v) is 4.85. The maximum atomic E-state index is 11.9. The van der Waals surface area contributed by atoms with Crippen molar-refractivity contribution < 1.29 is 8.42 Å². The van der Waals surface area contributed by atoms with E-state index in [-0.39, 0.29) is 11.5 Å². The van der Waals surface area contributed by atoms with Crippen LogP contribution < -0.4 is 10.6 Å². The molecule has 5 heteroatoms. The summed E-state index contributed by atoms with van der Waals surface area (Å²) in [5.41, 5.74) is 7.65. The number of nitrogens with zero attached hydrogens (tertiary/aromatic N) is 1. The van der Waals surface area contributed by atoms with E-state index >= 15 is 0 Å². The number of rotatable bonds is 3. The Hall–Kier alpha value is -1.07. The van der Waals surface area contributed by atoms with Crippen LogP contribution in [0.2, 0.25) is 0 Å². The molecule has 1 aromatic carbocycles. The van der Waals surface area contributed by atoms with Gasteiger partial charge in [0.1, 0.15) is 0 Å². The van der Waals surface area contributed by atoms with Gasteiger partial charge in [-0.15, -0.1) is 0 Å². The second-order valence-electron chi connectivity index (χ2n) is 5.52. The van der Waals surface area contributed by atoms with Gasteiger partial charge in [0, 0.05) is 19.3 Å². The fraction of sp³-hybridized carbons (Fsp3) is 0.571. The van der Waals surface area contributed by atoms with Crippen molar-refractivity contribution in [1.29, 1.82) is 0 Å². The monoisotopic (exact) mass is 282 g/mol. The molecule has 0 amide bonds. The molecule has 19 heavy (non-hydrogen) atoms. The molecule has 0 aliphatic carbocycles. The number of nitrogens with two attached hydrogens (primary N) is 1. The summed E-state index contributed by atoms with van der Waals surface area (Å²) < 4.78 is 23.9. The summed E-state index contributed by atoms with van der Waals surface area (Å²) in [5.74, 6) is 0.442. The molecule has 4 nitrogen and oxygen atoms in total. The Morgan fingerprint density at radius 2 is 2.16 bits per heavy atom. The number of hydrogen-bond donors (Lipinski definition) is 1. The van der Waals surface area contributed by atoms with Gasteiger partial charge in [0.2, 0.25) is 0 Å². The molecule has 1 aromatic rings. The van der Waals surface area contributed by atoms with Crippen LogP contribution in [0.4, 0.5) is 5.69 Å². The molecule has 2 rings (SSSR count). The predicted molar refractivity (Wildman–Crippen MR) is 79.3 cm³/mol. The normalized spacial score (nSPS) is 26.1. The van der Waals surface area contributed by atoms with Gasteiger partial charge in [-0.3, -0.25) is 0 Å². The second-order valence-corrected chi connectivity index (χ2v) is 7.71. The molecule has 0 spiro atoms. The molecule has 0 aromatic heterocycles. The third-order valence-corrected chi connectivity index (χ3v) is 5.95. The van der Waals surface area contributed by atoms with Gasteiger partial charge in [0.15, 0.2) is 9.84 Å². The molecule has 106 valence electrons. The van der Waals surface area contributed by atoms with Crippen LogP contribution in [0.5, 0.6) is 0 Å². The minimum Gasteiger partial charge on any atom is -0.367 e. The SMILES string of the molecule is Cc1cccc(N(C)C2(CN)CCCS(=O)(=O)C2)c1. The first-order valence-electron chi connectivity index (χ1n) is 6.60. The Kier molecular flexibility index (Phi) is 3.87. The third-order valence-electron chi connectivity index (χ3n) is 4.07. The van der Waals surface area contributed by atoms with Crippen molar-refractivity contribution in [2.45, 2.75) is 25.3 Å². The van der Waals surface area contributed by atoms with E-state index in [1.165, 1.54) is 0 Å². The van der Waals surface area contributed by atoms with Gasteiger partial charge < -0.3 is 10.6 Å². The number of anilines is 1. The van der Waals surface area contributed by atoms with Crippen LogP contribution in [-0.2, 0) is 9.84 Å². The smallest absolute Gasteiger partial charge is 0.152 e. The zero-order valence-corrected chi connectivity index (χ0v) is 12.4. The maximum absolute atomic E-state index is 11.9. The zero-order chi connectivity index (χ0) is 14.1. The van der Waals surface area contributed by atoms with Crippen LogP contribution in [0, 0.1) is 6.92 Å². The predicted octanol–water partition coefficient (Wildman–Crippen LogP) is 1.34. The molecule has 0 saturated carbocycles. The van der Waals surface area contributed by atoms with E-state index in [2.05, 4.69) is 11.0 Å². The van der Waals surface area contributed by atoms with E-state index < -0.39 is 15.4 Å². The van der Waals surface area contributed by atoms with E-state index in [4.69, 9.17) is 5.73 Å². The summed E-state index contributed by atoms with van der Waals surface area (Å²) in [6.45, 7) is 2.39. The number of likely N-dealkylation sites (N-methyl/N-ethyl adjacent to an activating group) is 1. The number of benzene rings is 1. The van der Waals surface area contributed by atoms with Crippen LogP contribution in [0.1, 0.15) is 18.4 Å². The van der Waals surface area contributed by atoms with Crippen LogP contribution in [0.3, 0.4) is 0 Å². The number of sulfone groups is 1. The van der Waals surface area contributed by atoms with E-state index in [0.29, 0.717) is 13.0 Å². The van der Waals surface area contributed by atoms with E-state index in [1.54, 1.807) is 0 Å². The first kappa shape index (κ1) is 14.3. The summed E-state index contributed by atoms with van der Waals surface area (Å²) in [4.78, 5) is 2.05. The van der Waals surface area contributed by atoms with Crippen molar-refractivity contribution in [2.24, 2.45) is 5.73 Å². The van der Waals surface area contributed by atoms with E-state index in [1.807, 2.05) is 32.2 Å². The Morgan fingerprint density at radius 1 is 1.42 bits per heavy atom. The van der Waals surface area contributed by atoms with Crippen molar-refractivity contribution in [3.8, 4) is 0 Å². The average molecular weight is 282 g/mol.